The van der Waals surface area contributed by atoms with Gasteiger partial charge in [0, 0.05) is 52.4 Å². The number of carbonyl (C=O) groups excluding carboxylic acids is 1. The van der Waals surface area contributed by atoms with Crippen LogP contribution in [0.3, 0.4) is 0 Å². The van der Waals surface area contributed by atoms with Crippen LogP contribution in [-0.4, -0.2) is 74.7 Å². The first kappa shape index (κ1) is 22.2. The maximum absolute atomic E-state index is 12.1. The Bertz CT molecular complexity index is 234. The minimum absolute atomic E-state index is 0. The molecule has 1 aliphatic heterocycles. The molecule has 0 bridgehead atoms. The van der Waals surface area contributed by atoms with Crippen LogP contribution in [0.15, 0.2) is 0 Å². The van der Waals surface area contributed by atoms with Crippen LogP contribution in [0.1, 0.15) is 13.3 Å². The summed E-state index contributed by atoms with van der Waals surface area (Å²) in [6.07, 6.45) is 0.695. The molecule has 1 saturated heterocycles. The first-order valence-electron chi connectivity index (χ1n) is 6.92. The Hall–Kier alpha value is -0.107. The summed E-state index contributed by atoms with van der Waals surface area (Å²) in [7, 11) is 0. The average molecular weight is 341 g/mol. The van der Waals surface area contributed by atoms with E-state index in [4.69, 9.17) is 5.73 Å². The van der Waals surface area contributed by atoms with Crippen molar-refractivity contribution in [3.63, 3.8) is 0 Å². The molecule has 8 heteroatoms. The van der Waals surface area contributed by atoms with E-state index in [1.165, 1.54) is 0 Å². The molecule has 1 heterocycles. The Kier molecular flexibility index (Phi) is 15.4. The van der Waals surface area contributed by atoms with Gasteiger partial charge in [0.05, 0.1) is 6.04 Å². The third kappa shape index (κ3) is 8.94. The maximum Gasteiger partial charge on any atom is 2.00 e. The van der Waals surface area contributed by atoms with E-state index in [9.17, 15) is 4.79 Å². The van der Waals surface area contributed by atoms with E-state index < -0.39 is 0 Å². The van der Waals surface area contributed by atoms with Gasteiger partial charge in [-0.25, -0.2) is 0 Å². The zero-order valence-corrected chi connectivity index (χ0v) is 15.5. The van der Waals surface area contributed by atoms with Crippen molar-refractivity contribution in [1.29, 1.82) is 0 Å². The van der Waals surface area contributed by atoms with Gasteiger partial charge in [-0.2, -0.15) is 0 Å². The number of nitrogens with two attached hydrogens (primary N) is 1. The van der Waals surface area contributed by atoms with Crippen molar-refractivity contribution in [3.05, 3.63) is 0 Å². The average Bonchev–Trinajstić information content (AvgIpc) is 2.37. The van der Waals surface area contributed by atoms with Gasteiger partial charge in [0.2, 0.25) is 5.91 Å². The van der Waals surface area contributed by atoms with E-state index in [0.29, 0.717) is 6.42 Å². The molecule has 7 N–H and O–H groups in total. The standard InChI is InChI=1S/C12H27N5O.H2O.Zn/c1-2-11(13)12(18)17-9-7-15-5-3-14-4-6-16-8-10-17;;/h11,14-16H,2-10,13H2,1H3;1H2;/q;;+2/t11-;;/m0../s1. The number of nitrogens with zero attached hydrogens (tertiary/aromatic N) is 1. The van der Waals surface area contributed by atoms with Crippen LogP contribution in [0.4, 0.5) is 0 Å². The van der Waals surface area contributed by atoms with E-state index in [2.05, 4.69) is 16.0 Å². The molecule has 114 valence electrons. The van der Waals surface area contributed by atoms with E-state index >= 15 is 0 Å². The normalized spacial score (nSPS) is 19.6. The molecule has 0 aliphatic carbocycles. The molecule has 0 aromatic heterocycles. The number of amides is 1. The van der Waals surface area contributed by atoms with E-state index in [1.807, 2.05) is 11.8 Å². The van der Waals surface area contributed by atoms with Crippen LogP contribution in [-0.2, 0) is 24.3 Å². The van der Waals surface area contributed by atoms with Gasteiger partial charge in [-0.3, -0.25) is 4.79 Å². The first-order chi connectivity index (χ1) is 8.75. The molecular formula is C12H29N5O2Zn+2. The second-order valence-electron chi connectivity index (χ2n) is 4.59. The van der Waals surface area contributed by atoms with Crippen molar-refractivity contribution in [1.82, 2.24) is 20.9 Å². The van der Waals surface area contributed by atoms with Crippen LogP contribution in [0.25, 0.3) is 0 Å². The van der Waals surface area contributed by atoms with Gasteiger partial charge in [-0.1, -0.05) is 6.92 Å². The number of nitrogens with one attached hydrogen (secondary N) is 3. The Morgan fingerprint density at radius 2 is 1.45 bits per heavy atom. The second kappa shape index (κ2) is 13.9. The minimum Gasteiger partial charge on any atom is -0.412 e. The predicted molar refractivity (Wildman–Crippen MR) is 77.1 cm³/mol. The molecular weight excluding hydrogens is 312 g/mol. The molecule has 1 aliphatic rings. The monoisotopic (exact) mass is 339 g/mol. The molecule has 1 atom stereocenters. The van der Waals surface area contributed by atoms with Gasteiger partial charge in [0.25, 0.3) is 0 Å². The smallest absolute Gasteiger partial charge is 0.412 e. The van der Waals surface area contributed by atoms with Crippen molar-refractivity contribution in [3.8, 4) is 0 Å². The molecule has 7 nitrogen and oxygen atoms in total. The molecule has 0 aromatic carbocycles. The van der Waals surface area contributed by atoms with Crippen LogP contribution in [0.2, 0.25) is 0 Å². The van der Waals surface area contributed by atoms with Crippen molar-refractivity contribution in [2.45, 2.75) is 19.4 Å². The largest absolute Gasteiger partial charge is 2.00 e. The molecule has 1 fully saturated rings. The summed E-state index contributed by atoms with van der Waals surface area (Å²) in [5.41, 5.74) is 5.82. The molecule has 0 radical (unpaired) electrons. The quantitative estimate of drug-likeness (QED) is 0.415. The summed E-state index contributed by atoms with van der Waals surface area (Å²) in [4.78, 5) is 13.9. The Morgan fingerprint density at radius 3 is 1.85 bits per heavy atom. The summed E-state index contributed by atoms with van der Waals surface area (Å²) in [6.45, 7) is 8.84. The minimum atomic E-state index is -0.362. The summed E-state index contributed by atoms with van der Waals surface area (Å²) in [6, 6.07) is -0.362. The molecule has 0 spiro atoms. The number of hydrogen-bond acceptors (Lipinski definition) is 5. The van der Waals surface area contributed by atoms with Crippen LogP contribution in [0, 0.1) is 0 Å². The van der Waals surface area contributed by atoms with Crippen molar-refractivity contribution in [2.75, 3.05) is 52.4 Å². The predicted octanol–water partition coefficient (Wildman–Crippen LogP) is -2.49. The van der Waals surface area contributed by atoms with Crippen LogP contribution in [0.5, 0.6) is 0 Å². The Morgan fingerprint density at radius 1 is 1.05 bits per heavy atom. The Labute approximate surface area is 134 Å². The maximum atomic E-state index is 12.1. The molecule has 0 unspecified atom stereocenters. The van der Waals surface area contributed by atoms with E-state index in [0.717, 1.165) is 52.4 Å². The van der Waals surface area contributed by atoms with Crippen molar-refractivity contribution >= 4 is 5.91 Å². The van der Waals surface area contributed by atoms with Gasteiger partial charge >= 0.3 is 19.5 Å². The zero-order valence-electron chi connectivity index (χ0n) is 12.6. The van der Waals surface area contributed by atoms with E-state index in [-0.39, 0.29) is 36.9 Å². The van der Waals surface area contributed by atoms with Crippen LogP contribution >= 0.6 is 0 Å². The Balaban J connectivity index is 0. The molecule has 1 amide bonds. The molecule has 1 rings (SSSR count). The molecule has 20 heavy (non-hydrogen) atoms. The molecule has 0 saturated carbocycles. The van der Waals surface area contributed by atoms with Gasteiger partial charge in [0.1, 0.15) is 0 Å². The fraction of sp³-hybridized carbons (Fsp3) is 0.917. The number of rotatable bonds is 2. The SMILES string of the molecule is CC[C@H](N)C(=O)N1CCNCCNCCNCC1.O.[Zn+2]. The van der Waals surface area contributed by atoms with Gasteiger partial charge in [0.15, 0.2) is 0 Å². The zero-order chi connectivity index (χ0) is 13.2. The van der Waals surface area contributed by atoms with E-state index in [1.54, 1.807) is 0 Å². The number of hydrogen-bond donors (Lipinski definition) is 4. The van der Waals surface area contributed by atoms with Gasteiger partial charge in [-0.05, 0) is 6.42 Å². The summed E-state index contributed by atoms with van der Waals surface area (Å²) in [5.74, 6) is 0.0660. The third-order valence-electron chi connectivity index (χ3n) is 3.14. The summed E-state index contributed by atoms with van der Waals surface area (Å²) in [5, 5.41) is 9.99. The first-order valence-corrected chi connectivity index (χ1v) is 6.92. The summed E-state index contributed by atoms with van der Waals surface area (Å²) >= 11 is 0. The number of carbonyl (C=O) groups is 1. The fourth-order valence-electron chi connectivity index (χ4n) is 1.90. The fourth-order valence-corrected chi connectivity index (χ4v) is 1.90. The van der Waals surface area contributed by atoms with Crippen molar-refractivity contribution < 1.29 is 29.7 Å². The third-order valence-corrected chi connectivity index (χ3v) is 3.14. The second-order valence-corrected chi connectivity index (χ2v) is 4.59. The topological polar surface area (TPSA) is 114 Å². The summed E-state index contributed by atoms with van der Waals surface area (Å²) < 4.78 is 0. The van der Waals surface area contributed by atoms with Gasteiger partial charge < -0.3 is 32.1 Å². The van der Waals surface area contributed by atoms with Crippen molar-refractivity contribution in [2.24, 2.45) is 5.73 Å². The van der Waals surface area contributed by atoms with Crippen LogP contribution < -0.4 is 21.7 Å². The van der Waals surface area contributed by atoms with Gasteiger partial charge in [-0.15, -0.1) is 0 Å². The molecule has 0 aromatic rings.